The standard InChI is InChI=1S/C21H32N6O5/c1-8-15(19(30)23-11(2)9-16(28)29)27-13(4)17(21(5,6)7)24-18(20(27)31)22-10-14-12(3)25-32-26-14/h11,15H,8-10H2,1-7H3,(H,22,24)(H,23,30)(H,28,29). The van der Waals surface area contributed by atoms with Gasteiger partial charge in [-0.25, -0.2) is 9.61 Å². The Morgan fingerprint density at radius 2 is 1.88 bits per heavy atom. The molecule has 0 spiro atoms. The van der Waals surface area contributed by atoms with E-state index in [1.807, 2.05) is 20.8 Å². The number of amides is 1. The molecular weight excluding hydrogens is 416 g/mol. The lowest BCUT2D eigenvalue weighted by atomic mass is 9.90. The number of aromatic nitrogens is 4. The topological polar surface area (TPSA) is 152 Å². The van der Waals surface area contributed by atoms with Crippen LogP contribution in [0.1, 0.15) is 76.3 Å². The first-order valence-electron chi connectivity index (χ1n) is 10.5. The molecule has 32 heavy (non-hydrogen) atoms. The molecule has 0 aliphatic carbocycles. The molecule has 2 heterocycles. The van der Waals surface area contributed by atoms with E-state index in [0.29, 0.717) is 29.2 Å². The van der Waals surface area contributed by atoms with Crippen LogP contribution in [0.25, 0.3) is 0 Å². The van der Waals surface area contributed by atoms with E-state index in [2.05, 4.69) is 25.9 Å². The van der Waals surface area contributed by atoms with Crippen molar-refractivity contribution in [3.8, 4) is 0 Å². The summed E-state index contributed by atoms with van der Waals surface area (Å²) in [5, 5.41) is 22.2. The van der Waals surface area contributed by atoms with Gasteiger partial charge < -0.3 is 15.7 Å². The molecule has 0 bridgehead atoms. The second-order valence-corrected chi connectivity index (χ2v) is 8.90. The summed E-state index contributed by atoms with van der Waals surface area (Å²) in [5.74, 6) is -1.34. The lowest BCUT2D eigenvalue weighted by Gasteiger charge is -2.28. The van der Waals surface area contributed by atoms with Crippen LogP contribution < -0.4 is 16.2 Å². The average molecular weight is 449 g/mol. The van der Waals surface area contributed by atoms with Gasteiger partial charge >= 0.3 is 5.97 Å². The quantitative estimate of drug-likeness (QED) is 0.523. The van der Waals surface area contributed by atoms with Crippen LogP contribution in [0.2, 0.25) is 0 Å². The fourth-order valence-corrected chi connectivity index (χ4v) is 3.54. The van der Waals surface area contributed by atoms with E-state index in [9.17, 15) is 14.4 Å². The van der Waals surface area contributed by atoms with E-state index >= 15 is 0 Å². The Labute approximate surface area is 186 Å². The van der Waals surface area contributed by atoms with Crippen molar-refractivity contribution < 1.29 is 19.3 Å². The maximum Gasteiger partial charge on any atom is 0.305 e. The van der Waals surface area contributed by atoms with Crippen LogP contribution in [0.5, 0.6) is 0 Å². The molecule has 0 saturated carbocycles. The third kappa shape index (κ3) is 5.71. The molecule has 0 radical (unpaired) electrons. The number of carboxylic acid groups (broad SMARTS) is 1. The normalized spacial score (nSPS) is 13.5. The zero-order valence-corrected chi connectivity index (χ0v) is 19.6. The molecule has 2 aromatic rings. The second kappa shape index (κ2) is 9.92. The van der Waals surface area contributed by atoms with E-state index < -0.39 is 34.9 Å². The van der Waals surface area contributed by atoms with Crippen LogP contribution >= 0.6 is 0 Å². The maximum absolute atomic E-state index is 13.4. The molecule has 0 aromatic carbocycles. The molecule has 0 aliphatic rings. The van der Waals surface area contributed by atoms with Gasteiger partial charge in [0.25, 0.3) is 5.56 Å². The van der Waals surface area contributed by atoms with Crippen molar-refractivity contribution in [2.45, 2.75) is 85.4 Å². The number of carbonyl (C=O) groups excluding carboxylic acids is 1. The highest BCUT2D eigenvalue weighted by Gasteiger charge is 2.29. The predicted molar refractivity (Wildman–Crippen MR) is 117 cm³/mol. The van der Waals surface area contributed by atoms with Crippen molar-refractivity contribution >= 4 is 17.7 Å². The minimum absolute atomic E-state index is 0.0905. The van der Waals surface area contributed by atoms with Crippen molar-refractivity contribution in [3.63, 3.8) is 0 Å². The fraction of sp³-hybridized carbons (Fsp3) is 0.619. The Morgan fingerprint density at radius 3 is 2.38 bits per heavy atom. The predicted octanol–water partition coefficient (Wildman–Crippen LogP) is 2.08. The summed E-state index contributed by atoms with van der Waals surface area (Å²) >= 11 is 0. The van der Waals surface area contributed by atoms with E-state index in [4.69, 9.17) is 9.74 Å². The van der Waals surface area contributed by atoms with Gasteiger partial charge in [-0.2, -0.15) is 0 Å². The van der Waals surface area contributed by atoms with Crippen molar-refractivity contribution in [1.82, 2.24) is 25.2 Å². The highest BCUT2D eigenvalue weighted by Crippen LogP contribution is 2.26. The molecule has 11 nitrogen and oxygen atoms in total. The molecule has 0 saturated heterocycles. The third-order valence-electron chi connectivity index (χ3n) is 5.10. The van der Waals surface area contributed by atoms with Gasteiger partial charge in [-0.15, -0.1) is 0 Å². The van der Waals surface area contributed by atoms with Gasteiger partial charge in [0.1, 0.15) is 17.4 Å². The number of rotatable bonds is 9. The van der Waals surface area contributed by atoms with Gasteiger partial charge in [0, 0.05) is 17.2 Å². The van der Waals surface area contributed by atoms with Gasteiger partial charge in [-0.1, -0.05) is 38.0 Å². The lowest BCUT2D eigenvalue weighted by molar-refractivity contribution is -0.137. The van der Waals surface area contributed by atoms with Gasteiger partial charge in [0.15, 0.2) is 5.82 Å². The molecule has 2 aromatic heterocycles. The van der Waals surface area contributed by atoms with E-state index in [1.54, 1.807) is 27.7 Å². The van der Waals surface area contributed by atoms with E-state index in [-0.39, 0.29) is 18.8 Å². The highest BCUT2D eigenvalue weighted by molar-refractivity contribution is 5.81. The molecule has 3 N–H and O–H groups in total. The first kappa shape index (κ1) is 25.0. The second-order valence-electron chi connectivity index (χ2n) is 8.90. The lowest BCUT2D eigenvalue weighted by Crippen LogP contribution is -2.43. The van der Waals surface area contributed by atoms with E-state index in [0.717, 1.165) is 0 Å². The number of nitrogens with one attached hydrogen (secondary N) is 2. The average Bonchev–Trinajstić information content (AvgIpc) is 3.07. The summed E-state index contributed by atoms with van der Waals surface area (Å²) in [4.78, 5) is 41.9. The summed E-state index contributed by atoms with van der Waals surface area (Å²) < 4.78 is 6.13. The number of carboxylic acids is 1. The third-order valence-corrected chi connectivity index (χ3v) is 5.10. The molecule has 2 rings (SSSR count). The molecule has 11 heteroatoms. The van der Waals surface area contributed by atoms with Crippen molar-refractivity contribution in [2.24, 2.45) is 0 Å². The zero-order chi connectivity index (χ0) is 24.2. The minimum atomic E-state index is -1.01. The Kier molecular flexibility index (Phi) is 7.76. The summed E-state index contributed by atoms with van der Waals surface area (Å²) in [6, 6.07) is -1.40. The van der Waals surface area contributed by atoms with Gasteiger partial charge in [-0.05, 0) is 27.2 Å². The molecule has 1 amide bonds. The highest BCUT2D eigenvalue weighted by atomic mass is 16.6. The number of anilines is 1. The van der Waals surface area contributed by atoms with Gasteiger partial charge in [0.05, 0.1) is 18.7 Å². The maximum atomic E-state index is 13.4. The summed E-state index contributed by atoms with van der Waals surface area (Å²) in [5.41, 5.74) is 1.55. The van der Waals surface area contributed by atoms with Crippen LogP contribution in [-0.2, 0) is 21.5 Å². The number of hydrogen-bond acceptors (Lipinski definition) is 8. The van der Waals surface area contributed by atoms with Crippen LogP contribution in [0, 0.1) is 13.8 Å². The minimum Gasteiger partial charge on any atom is -0.481 e. The van der Waals surface area contributed by atoms with Crippen LogP contribution in [0.4, 0.5) is 5.82 Å². The number of aliphatic carboxylic acids is 1. The Hall–Kier alpha value is -3.24. The molecule has 2 atom stereocenters. The fourth-order valence-electron chi connectivity index (χ4n) is 3.54. The number of aryl methyl sites for hydroxylation is 1. The molecule has 2 unspecified atom stereocenters. The van der Waals surface area contributed by atoms with Gasteiger partial charge in [-0.3, -0.25) is 19.0 Å². The number of hydrogen-bond donors (Lipinski definition) is 3. The summed E-state index contributed by atoms with van der Waals surface area (Å²) in [6.07, 6.45) is 0.128. The number of nitrogens with zero attached hydrogens (tertiary/aromatic N) is 4. The number of carbonyl (C=O) groups is 2. The molecule has 0 aliphatic heterocycles. The van der Waals surface area contributed by atoms with Crippen LogP contribution in [-0.4, -0.2) is 42.9 Å². The largest absolute Gasteiger partial charge is 0.481 e. The molecule has 0 fully saturated rings. The molecular formula is C21H32N6O5. The van der Waals surface area contributed by atoms with Crippen LogP contribution in [0.3, 0.4) is 0 Å². The first-order chi connectivity index (χ1) is 14.9. The van der Waals surface area contributed by atoms with E-state index in [1.165, 1.54) is 4.57 Å². The summed E-state index contributed by atoms with van der Waals surface area (Å²) in [6.45, 7) is 13.0. The van der Waals surface area contributed by atoms with Gasteiger partial charge in [0.2, 0.25) is 5.91 Å². The SMILES string of the molecule is CCC(C(=O)NC(C)CC(=O)O)n1c(C)c(C(C)(C)C)nc(NCc2nonc2C)c1=O. The molecule has 176 valence electrons. The van der Waals surface area contributed by atoms with Crippen molar-refractivity contribution in [1.29, 1.82) is 0 Å². The Morgan fingerprint density at radius 1 is 1.22 bits per heavy atom. The smallest absolute Gasteiger partial charge is 0.305 e. The Balaban J connectivity index is 2.51. The monoisotopic (exact) mass is 448 g/mol. The van der Waals surface area contributed by atoms with Crippen molar-refractivity contribution in [2.75, 3.05) is 5.32 Å². The van der Waals surface area contributed by atoms with Crippen molar-refractivity contribution in [3.05, 3.63) is 33.1 Å². The summed E-state index contributed by atoms with van der Waals surface area (Å²) in [7, 11) is 0. The van der Waals surface area contributed by atoms with Crippen LogP contribution in [0.15, 0.2) is 9.42 Å². The first-order valence-corrected chi connectivity index (χ1v) is 10.5. The Bertz CT molecular complexity index is 1040. The zero-order valence-electron chi connectivity index (χ0n) is 19.6.